The molecule has 5 nitrogen and oxygen atoms in total. The number of rotatable bonds is 4. The maximum Gasteiger partial charge on any atom is 0.265 e. The van der Waals surface area contributed by atoms with Crippen molar-refractivity contribution in [3.63, 3.8) is 0 Å². The van der Waals surface area contributed by atoms with Gasteiger partial charge in [-0.3, -0.25) is 15.2 Å². The Labute approximate surface area is 111 Å². The third-order valence-corrected chi connectivity index (χ3v) is 2.67. The Hall–Kier alpha value is -2.40. The van der Waals surface area contributed by atoms with Gasteiger partial charge in [0.15, 0.2) is 0 Å². The van der Waals surface area contributed by atoms with E-state index in [0.717, 1.165) is 17.0 Å². The molecule has 2 rings (SSSR count). The van der Waals surface area contributed by atoms with Crippen molar-refractivity contribution in [3.05, 3.63) is 59.4 Å². The van der Waals surface area contributed by atoms with Crippen LogP contribution < -0.4 is 16.0 Å². The normalized spacial score (nSPS) is 10.0. The van der Waals surface area contributed by atoms with Gasteiger partial charge in [-0.2, -0.15) is 0 Å². The zero-order valence-corrected chi connectivity index (χ0v) is 10.6. The molecule has 98 valence electrons. The Morgan fingerprint density at radius 3 is 2.95 bits per heavy atom. The largest absolute Gasteiger partial charge is 0.487 e. The number of benzene rings is 1. The first-order chi connectivity index (χ1) is 9.20. The van der Waals surface area contributed by atoms with E-state index in [1.807, 2.05) is 25.1 Å². The number of nitrogens with one attached hydrogen (secondary N) is 1. The molecule has 3 N–H and O–H groups in total. The van der Waals surface area contributed by atoms with Gasteiger partial charge in [-0.1, -0.05) is 12.1 Å². The maximum atomic E-state index is 11.4. The lowest BCUT2D eigenvalue weighted by Crippen LogP contribution is -2.30. The summed E-state index contributed by atoms with van der Waals surface area (Å²) in [7, 11) is 0. The van der Waals surface area contributed by atoms with Gasteiger partial charge in [-0.15, -0.1) is 0 Å². The van der Waals surface area contributed by atoms with E-state index in [2.05, 4.69) is 10.4 Å². The van der Waals surface area contributed by atoms with Crippen LogP contribution in [0.3, 0.4) is 0 Å². The van der Waals surface area contributed by atoms with Gasteiger partial charge >= 0.3 is 0 Å². The summed E-state index contributed by atoms with van der Waals surface area (Å²) in [5.41, 5.74) is 4.33. The van der Waals surface area contributed by atoms with Crippen molar-refractivity contribution >= 4 is 5.91 Å². The van der Waals surface area contributed by atoms with E-state index in [0.29, 0.717) is 12.2 Å². The average Bonchev–Trinajstić information content (AvgIpc) is 2.46. The minimum absolute atomic E-state index is 0.320. The second-order valence-corrected chi connectivity index (χ2v) is 4.05. The number of pyridine rings is 1. The van der Waals surface area contributed by atoms with E-state index >= 15 is 0 Å². The SMILES string of the molecule is Cc1ncccc1OCc1cccc(C(=O)NN)c1. The molecule has 1 aromatic carbocycles. The van der Waals surface area contributed by atoms with Gasteiger partial charge in [0.25, 0.3) is 5.91 Å². The Kier molecular flexibility index (Phi) is 4.10. The van der Waals surface area contributed by atoms with Gasteiger partial charge in [0.1, 0.15) is 12.4 Å². The molecule has 0 saturated carbocycles. The lowest BCUT2D eigenvalue weighted by molar-refractivity contribution is 0.0953. The summed E-state index contributed by atoms with van der Waals surface area (Å²) in [5, 5.41) is 0. The highest BCUT2D eigenvalue weighted by Crippen LogP contribution is 2.16. The number of nitrogens with two attached hydrogens (primary N) is 1. The molecule has 0 spiro atoms. The molecule has 1 amide bonds. The fourth-order valence-corrected chi connectivity index (χ4v) is 1.67. The lowest BCUT2D eigenvalue weighted by atomic mass is 10.1. The van der Waals surface area contributed by atoms with E-state index < -0.39 is 0 Å². The number of ether oxygens (including phenoxy) is 1. The second kappa shape index (κ2) is 5.97. The van der Waals surface area contributed by atoms with Crippen LogP contribution >= 0.6 is 0 Å². The molecule has 0 aliphatic carbocycles. The van der Waals surface area contributed by atoms with Crippen molar-refractivity contribution < 1.29 is 9.53 Å². The standard InChI is InChI=1S/C14H15N3O2/c1-10-13(6-3-7-16-10)19-9-11-4-2-5-12(8-11)14(18)17-15/h2-8H,9,15H2,1H3,(H,17,18). The Morgan fingerprint density at radius 1 is 1.37 bits per heavy atom. The van der Waals surface area contributed by atoms with Crippen LogP contribution in [0.5, 0.6) is 5.75 Å². The maximum absolute atomic E-state index is 11.4. The lowest BCUT2D eigenvalue weighted by Gasteiger charge is -2.09. The van der Waals surface area contributed by atoms with Crippen molar-refractivity contribution in [3.8, 4) is 5.75 Å². The van der Waals surface area contributed by atoms with E-state index in [1.54, 1.807) is 24.4 Å². The van der Waals surface area contributed by atoms with Gasteiger partial charge < -0.3 is 4.74 Å². The molecule has 1 heterocycles. The second-order valence-electron chi connectivity index (χ2n) is 4.05. The molecule has 0 aliphatic heterocycles. The molecule has 2 aromatic rings. The monoisotopic (exact) mass is 257 g/mol. The number of aromatic nitrogens is 1. The molecule has 0 atom stereocenters. The van der Waals surface area contributed by atoms with Crippen LogP contribution in [0.25, 0.3) is 0 Å². The van der Waals surface area contributed by atoms with Gasteiger partial charge in [0, 0.05) is 11.8 Å². The predicted octanol–water partition coefficient (Wildman–Crippen LogP) is 1.57. The molecule has 0 bridgehead atoms. The molecular weight excluding hydrogens is 242 g/mol. The van der Waals surface area contributed by atoms with Crippen molar-refractivity contribution in [1.82, 2.24) is 10.4 Å². The summed E-state index contributed by atoms with van der Waals surface area (Å²) in [6.07, 6.45) is 1.72. The summed E-state index contributed by atoms with van der Waals surface area (Å²) >= 11 is 0. The van der Waals surface area contributed by atoms with Crippen LogP contribution in [-0.2, 0) is 6.61 Å². The highest BCUT2D eigenvalue weighted by molar-refractivity contribution is 5.93. The van der Waals surface area contributed by atoms with Crippen LogP contribution in [0.1, 0.15) is 21.6 Å². The van der Waals surface area contributed by atoms with Crippen LogP contribution in [0, 0.1) is 6.92 Å². The number of carbonyl (C=O) groups is 1. The number of carbonyl (C=O) groups excluding carboxylic acids is 1. The number of nitrogen functional groups attached to an aromatic ring is 1. The number of amides is 1. The highest BCUT2D eigenvalue weighted by Gasteiger charge is 2.05. The molecule has 0 fully saturated rings. The molecule has 1 aromatic heterocycles. The van der Waals surface area contributed by atoms with E-state index in [-0.39, 0.29) is 5.91 Å². The van der Waals surface area contributed by atoms with Crippen molar-refractivity contribution in [2.24, 2.45) is 5.84 Å². The third kappa shape index (κ3) is 3.29. The Balaban J connectivity index is 2.08. The van der Waals surface area contributed by atoms with Crippen LogP contribution in [0.4, 0.5) is 0 Å². The van der Waals surface area contributed by atoms with Crippen LogP contribution in [0.15, 0.2) is 42.6 Å². The quantitative estimate of drug-likeness (QED) is 0.495. The predicted molar refractivity (Wildman–Crippen MR) is 71.4 cm³/mol. The van der Waals surface area contributed by atoms with Crippen LogP contribution in [-0.4, -0.2) is 10.9 Å². The molecule has 0 unspecified atom stereocenters. The van der Waals surface area contributed by atoms with Gasteiger partial charge in [0.05, 0.1) is 5.69 Å². The van der Waals surface area contributed by atoms with Crippen molar-refractivity contribution in [1.29, 1.82) is 0 Å². The van der Waals surface area contributed by atoms with Crippen molar-refractivity contribution in [2.45, 2.75) is 13.5 Å². The Morgan fingerprint density at radius 2 is 2.21 bits per heavy atom. The molecular formula is C14H15N3O2. The molecule has 19 heavy (non-hydrogen) atoms. The fourth-order valence-electron chi connectivity index (χ4n) is 1.67. The minimum atomic E-state index is -0.320. The number of hydrogen-bond acceptors (Lipinski definition) is 4. The number of nitrogens with zero attached hydrogens (tertiary/aromatic N) is 1. The Bertz CT molecular complexity index is 584. The van der Waals surface area contributed by atoms with Gasteiger partial charge in [-0.25, -0.2) is 5.84 Å². The first-order valence-electron chi connectivity index (χ1n) is 5.85. The first kappa shape index (κ1) is 13.0. The van der Waals surface area contributed by atoms with Gasteiger partial charge in [-0.05, 0) is 36.8 Å². The number of aryl methyl sites for hydroxylation is 1. The molecule has 0 radical (unpaired) electrons. The number of hydrazine groups is 1. The third-order valence-electron chi connectivity index (χ3n) is 2.67. The van der Waals surface area contributed by atoms with E-state index in [1.165, 1.54) is 0 Å². The fraction of sp³-hybridized carbons (Fsp3) is 0.143. The summed E-state index contributed by atoms with van der Waals surface area (Å²) in [6, 6.07) is 10.8. The molecule has 5 heteroatoms. The summed E-state index contributed by atoms with van der Waals surface area (Å²) in [6.45, 7) is 2.26. The summed E-state index contributed by atoms with van der Waals surface area (Å²) in [5.74, 6) is 5.51. The zero-order valence-electron chi connectivity index (χ0n) is 10.6. The van der Waals surface area contributed by atoms with E-state index in [9.17, 15) is 4.79 Å². The first-order valence-corrected chi connectivity index (χ1v) is 5.85. The zero-order chi connectivity index (χ0) is 13.7. The van der Waals surface area contributed by atoms with Crippen LogP contribution in [0.2, 0.25) is 0 Å². The van der Waals surface area contributed by atoms with E-state index in [4.69, 9.17) is 10.6 Å². The number of hydrogen-bond donors (Lipinski definition) is 2. The molecule has 0 aliphatic rings. The summed E-state index contributed by atoms with van der Waals surface area (Å²) < 4.78 is 5.67. The smallest absolute Gasteiger partial charge is 0.265 e. The topological polar surface area (TPSA) is 77.2 Å². The van der Waals surface area contributed by atoms with Gasteiger partial charge in [0.2, 0.25) is 0 Å². The van der Waals surface area contributed by atoms with Crippen molar-refractivity contribution in [2.75, 3.05) is 0 Å². The minimum Gasteiger partial charge on any atom is -0.487 e. The highest BCUT2D eigenvalue weighted by atomic mass is 16.5. The average molecular weight is 257 g/mol. The summed E-state index contributed by atoms with van der Waals surface area (Å²) in [4.78, 5) is 15.6. The molecule has 0 saturated heterocycles.